The molecule has 0 spiro atoms. The first-order chi connectivity index (χ1) is 58.9. The third-order valence-electron chi connectivity index (χ3n) is 27.1. The third kappa shape index (κ3) is 13.2. The second kappa shape index (κ2) is 28.5. The van der Waals surface area contributed by atoms with E-state index in [0.29, 0.717) is 0 Å². The summed E-state index contributed by atoms with van der Waals surface area (Å²) in [6, 6.07) is 121. The Morgan fingerprint density at radius 2 is 0.460 bits per heavy atom. The first-order valence-corrected chi connectivity index (χ1v) is 44.8. The van der Waals surface area contributed by atoms with E-state index >= 15 is 0 Å². The van der Waals surface area contributed by atoms with E-state index in [0.717, 1.165) is 78.9 Å². The summed E-state index contributed by atoms with van der Waals surface area (Å²) in [6.07, 6.45) is 0. The summed E-state index contributed by atoms with van der Waals surface area (Å²) in [5, 5.41) is 7.33. The van der Waals surface area contributed by atoms with Crippen molar-refractivity contribution in [1.29, 1.82) is 0 Å². The summed E-state index contributed by atoms with van der Waals surface area (Å²) in [5.74, 6) is 0. The van der Waals surface area contributed by atoms with Crippen molar-refractivity contribution in [3.05, 3.63) is 348 Å². The highest BCUT2D eigenvalue weighted by Crippen LogP contribution is 2.57. The van der Waals surface area contributed by atoms with Crippen LogP contribution >= 0.6 is 0 Å². The highest BCUT2D eigenvalue weighted by atomic mass is 15.2. The van der Waals surface area contributed by atoms with E-state index < -0.39 is 0 Å². The van der Waals surface area contributed by atoms with Crippen molar-refractivity contribution < 1.29 is 0 Å². The zero-order chi connectivity index (χ0) is 86.5. The minimum absolute atomic E-state index is 0.0756. The van der Waals surface area contributed by atoms with Crippen LogP contribution in [0.5, 0.6) is 0 Å². The smallest absolute Gasteiger partial charge is 0.252 e. The summed E-state index contributed by atoms with van der Waals surface area (Å²) < 4.78 is 7.59. The summed E-state index contributed by atoms with van der Waals surface area (Å²) >= 11 is 0. The zero-order valence-corrected chi connectivity index (χ0v) is 76.3. The Bertz CT molecular complexity index is 7130. The van der Waals surface area contributed by atoms with E-state index in [1.165, 1.54) is 138 Å². The van der Waals surface area contributed by atoms with E-state index in [2.05, 4.69) is 478 Å². The van der Waals surface area contributed by atoms with Crippen LogP contribution in [0.2, 0.25) is 0 Å². The topological polar surface area (TPSA) is 21.3 Å². The Hall–Kier alpha value is -12.6. The molecular weight excluding hydrogens is 1500 g/mol. The fourth-order valence-electron chi connectivity index (χ4n) is 20.0. The van der Waals surface area contributed by atoms with Crippen molar-refractivity contribution in [2.24, 2.45) is 0 Å². The molecule has 3 aromatic heterocycles. The molecular formula is C118H114BN5. The van der Waals surface area contributed by atoms with Gasteiger partial charge in [-0.3, -0.25) is 0 Å². The summed E-state index contributed by atoms with van der Waals surface area (Å²) in [4.78, 5) is 5.58. The molecule has 0 amide bonds. The standard InChI is InChI=1S/C118H114BN5/c1-112(2,3)77-51-43-73(44-52-77)91-63-81(116(13,14)15)64-92(74-45-53-78(54-46-74)113(4,5)6)110(91)123-105-69-85(121-99-39-29-25-35-87(99)88-36-26-30-40-100(88)121)59-61-97(105)119-98-62-60-86(122-102-42-32-28-38-90(102)96-71-95-89-37-27-31-41-101(89)120(103(95)72-104(96)122)84-33-23-22-24-34-84)70-106(98)124(108-68-83(118(19,20)21)67-107(123)109(108)119)111-93(75-47-55-79(56-48-75)114(7,8)9)65-82(117(16,17)18)66-94(111)76-49-57-80(58-50-76)115(10,11)12/h22-72H,1-21H3. The van der Waals surface area contributed by atoms with Crippen LogP contribution in [0.15, 0.2) is 309 Å². The van der Waals surface area contributed by atoms with Crippen molar-refractivity contribution in [3.63, 3.8) is 0 Å². The highest BCUT2D eigenvalue weighted by Gasteiger charge is 2.47. The van der Waals surface area contributed by atoms with Gasteiger partial charge in [0.2, 0.25) is 0 Å². The van der Waals surface area contributed by atoms with E-state index in [4.69, 9.17) is 0 Å². The second-order valence-electron chi connectivity index (χ2n) is 42.7. The maximum atomic E-state index is 2.80. The molecule has 20 rings (SSSR count). The van der Waals surface area contributed by atoms with Gasteiger partial charge in [0.05, 0.1) is 44.5 Å². The molecule has 0 unspecified atom stereocenters. The van der Waals surface area contributed by atoms with Crippen molar-refractivity contribution in [2.75, 3.05) is 9.80 Å². The average Bonchev–Trinajstić information content (AvgIpc) is 0.861. The van der Waals surface area contributed by atoms with Crippen LogP contribution in [-0.2, 0) is 37.9 Å². The van der Waals surface area contributed by atoms with Crippen LogP contribution in [-0.4, -0.2) is 20.4 Å². The second-order valence-corrected chi connectivity index (χ2v) is 42.7. The first kappa shape index (κ1) is 79.8. The quantitative estimate of drug-likeness (QED) is 0.134. The van der Waals surface area contributed by atoms with Crippen LogP contribution in [0.3, 0.4) is 0 Å². The minimum atomic E-state index is -0.386. The Morgan fingerprint density at radius 3 is 0.766 bits per heavy atom. The van der Waals surface area contributed by atoms with Gasteiger partial charge < -0.3 is 23.5 Å². The van der Waals surface area contributed by atoms with Gasteiger partial charge >= 0.3 is 0 Å². The number of fused-ring (bicyclic) bond motifs is 13. The highest BCUT2D eigenvalue weighted by molar-refractivity contribution is 7.00. The molecule has 6 heteroatoms. The van der Waals surface area contributed by atoms with Crippen molar-refractivity contribution in [3.8, 4) is 61.6 Å². The van der Waals surface area contributed by atoms with Gasteiger partial charge in [0, 0.05) is 94.4 Å². The maximum absolute atomic E-state index is 2.80. The van der Waals surface area contributed by atoms with Crippen molar-refractivity contribution in [1.82, 2.24) is 13.7 Å². The molecule has 2 aliphatic heterocycles. The summed E-state index contributed by atoms with van der Waals surface area (Å²) in [7, 11) is 0. The molecule has 5 nitrogen and oxygen atoms in total. The number of para-hydroxylation sites is 5. The third-order valence-corrected chi connectivity index (χ3v) is 27.1. The molecule has 0 bridgehead atoms. The monoisotopic (exact) mass is 1610 g/mol. The van der Waals surface area contributed by atoms with Crippen LogP contribution in [0, 0.1) is 0 Å². The fourth-order valence-corrected chi connectivity index (χ4v) is 20.0. The predicted molar refractivity (Wildman–Crippen MR) is 536 cm³/mol. The lowest BCUT2D eigenvalue weighted by molar-refractivity contribution is 0.589. The predicted octanol–water partition coefficient (Wildman–Crippen LogP) is 30.8. The normalized spacial score (nSPS) is 13.5. The van der Waals surface area contributed by atoms with E-state index in [1.54, 1.807) is 0 Å². The molecule has 18 aromatic rings. The van der Waals surface area contributed by atoms with Gasteiger partial charge in [0.1, 0.15) is 0 Å². The van der Waals surface area contributed by atoms with Crippen LogP contribution in [0.1, 0.15) is 184 Å². The van der Waals surface area contributed by atoms with E-state index in [1.807, 2.05) is 0 Å². The molecule has 0 atom stereocenters. The molecule has 0 radical (unpaired) electrons. The van der Waals surface area contributed by atoms with Gasteiger partial charge in [-0.25, -0.2) is 0 Å². The van der Waals surface area contributed by atoms with Gasteiger partial charge in [-0.2, -0.15) is 0 Å². The van der Waals surface area contributed by atoms with E-state index in [-0.39, 0.29) is 44.6 Å². The summed E-state index contributed by atoms with van der Waals surface area (Å²) in [5.41, 5.74) is 37.9. The zero-order valence-electron chi connectivity index (χ0n) is 76.3. The Kier molecular flexibility index (Phi) is 18.3. The van der Waals surface area contributed by atoms with Gasteiger partial charge in [0.25, 0.3) is 6.71 Å². The molecule has 2 aliphatic rings. The van der Waals surface area contributed by atoms with Gasteiger partial charge in [0.15, 0.2) is 0 Å². The molecule has 614 valence electrons. The number of nitrogens with zero attached hydrogens (tertiary/aromatic N) is 5. The molecule has 124 heavy (non-hydrogen) atoms. The lowest BCUT2D eigenvalue weighted by Gasteiger charge is -2.47. The number of hydrogen-bond acceptors (Lipinski definition) is 2. The van der Waals surface area contributed by atoms with Crippen LogP contribution in [0.4, 0.5) is 34.1 Å². The Balaban J connectivity index is 0.977. The first-order valence-electron chi connectivity index (χ1n) is 44.8. The average molecular weight is 1610 g/mol. The fraction of sp³-hybridized carbons (Fsp3) is 0.237. The molecule has 0 saturated carbocycles. The SMILES string of the molecule is CC(C)(C)c1ccc(-c2cc(C(C)(C)C)cc(-c3ccc(C(C)(C)C)cc3)c2N2c3cc(-n4c5ccccc5c5ccccc54)ccc3B3c4ccc(-n5c6ccccc6c6cc7c8ccccc8n(-c8ccccc8)c7cc65)cc4N(c4c(-c5ccc(C(C)(C)C)cc5)cc(C(C)(C)C)cc4-c4ccc(C(C)(C)C)cc4)c4cc(C(C)(C)C)cc2c43)cc1. The lowest BCUT2D eigenvalue weighted by Crippen LogP contribution is -2.61. The van der Waals surface area contributed by atoms with Gasteiger partial charge in [-0.05, 0) is 225 Å². The number of aromatic nitrogens is 3. The Labute approximate surface area is 734 Å². The lowest BCUT2D eigenvalue weighted by atomic mass is 9.33. The molecule has 15 aromatic carbocycles. The maximum Gasteiger partial charge on any atom is 0.252 e. The summed E-state index contributed by atoms with van der Waals surface area (Å²) in [6.45, 7) is 49.4. The largest absolute Gasteiger partial charge is 0.310 e. The molecule has 5 heterocycles. The van der Waals surface area contributed by atoms with Crippen molar-refractivity contribution in [2.45, 2.75) is 183 Å². The number of benzene rings is 15. The number of hydrogen-bond donors (Lipinski definition) is 0. The Morgan fingerprint density at radius 1 is 0.194 bits per heavy atom. The van der Waals surface area contributed by atoms with Crippen LogP contribution < -0.4 is 26.2 Å². The number of rotatable bonds is 9. The number of anilines is 6. The van der Waals surface area contributed by atoms with Crippen molar-refractivity contribution >= 4 is 123 Å². The van der Waals surface area contributed by atoms with Gasteiger partial charge in [-0.1, -0.05) is 346 Å². The minimum Gasteiger partial charge on any atom is -0.310 e. The molecule has 0 fully saturated rings. The van der Waals surface area contributed by atoms with E-state index in [9.17, 15) is 0 Å². The molecule has 0 N–H and O–H groups in total. The molecule has 0 aliphatic carbocycles. The van der Waals surface area contributed by atoms with Crippen LogP contribution in [0.25, 0.3) is 127 Å². The van der Waals surface area contributed by atoms with Gasteiger partial charge in [-0.15, -0.1) is 0 Å². The molecule has 0 saturated heterocycles.